The molecule has 4 rings (SSSR count). The molecule has 1 aromatic carbocycles. The fraction of sp³-hybridized carbons (Fsp3) is 0.684. The number of aliphatic hydroxyl groups is 1. The lowest BCUT2D eigenvalue weighted by atomic mass is 9.54. The van der Waals surface area contributed by atoms with E-state index in [1.807, 2.05) is 19.2 Å². The van der Waals surface area contributed by atoms with E-state index in [9.17, 15) is 10.2 Å². The van der Waals surface area contributed by atoms with E-state index in [4.69, 9.17) is 4.74 Å². The van der Waals surface area contributed by atoms with Crippen LogP contribution < -0.4 is 0 Å². The molecule has 1 aromatic rings. The van der Waals surface area contributed by atoms with Gasteiger partial charge in [0, 0.05) is 22.4 Å². The van der Waals surface area contributed by atoms with Crippen LogP contribution in [0.1, 0.15) is 43.2 Å². The number of halogens is 1. The Morgan fingerprint density at radius 1 is 1.35 bits per heavy atom. The number of ether oxygens (including phenoxy) is 1. The monoisotopic (exact) mass is 426 g/mol. The SMILES string of the molecule is CO[C@H]1C[C@]2(C)[C@@H](O)[C@H]([125I])C[C@H]2[C@@H]2CCc3cc(O)ccc3[C@H]21. The van der Waals surface area contributed by atoms with Crippen LogP contribution in [0, 0.1) is 17.3 Å². The third kappa shape index (κ3) is 2.28. The van der Waals surface area contributed by atoms with Gasteiger partial charge in [0.25, 0.3) is 0 Å². The van der Waals surface area contributed by atoms with Crippen LogP contribution in [0.2, 0.25) is 0 Å². The minimum Gasteiger partial charge on any atom is -0.508 e. The van der Waals surface area contributed by atoms with Crippen molar-refractivity contribution >= 4 is 22.6 Å². The standard InChI is InChI=1S/C19H25IO3/c1-19-9-16(23-2)17-12-6-4-11(21)7-10(12)3-5-13(17)14(19)8-15(20)18(19)22/h4,6-7,13-18,21-22H,3,5,8-9H2,1-2H3/t13-,14-,15+,16-,17+,18-,19-/m0/s1/i20-2. The van der Waals surface area contributed by atoms with E-state index in [1.54, 1.807) is 0 Å². The van der Waals surface area contributed by atoms with Crippen LogP contribution in [0.15, 0.2) is 18.2 Å². The molecule has 2 saturated carbocycles. The maximum absolute atomic E-state index is 10.8. The molecule has 4 heteroatoms. The number of methoxy groups -OCH3 is 1. The number of phenols is 1. The van der Waals surface area contributed by atoms with Gasteiger partial charge in [-0.3, -0.25) is 0 Å². The van der Waals surface area contributed by atoms with E-state index in [1.165, 1.54) is 11.1 Å². The summed E-state index contributed by atoms with van der Waals surface area (Å²) in [5.74, 6) is 1.90. The highest BCUT2D eigenvalue weighted by Gasteiger charge is 2.60. The van der Waals surface area contributed by atoms with Gasteiger partial charge < -0.3 is 14.9 Å². The van der Waals surface area contributed by atoms with E-state index in [2.05, 4.69) is 35.6 Å². The normalized spacial score (nSPS) is 45.2. The summed E-state index contributed by atoms with van der Waals surface area (Å²) in [6, 6.07) is 5.84. The van der Waals surface area contributed by atoms with E-state index in [0.29, 0.717) is 27.4 Å². The molecular formula is C19H25IO3. The van der Waals surface area contributed by atoms with Crippen LogP contribution in [0.4, 0.5) is 0 Å². The highest BCUT2D eigenvalue weighted by atomic mass is 125. The van der Waals surface area contributed by atoms with Gasteiger partial charge in [-0.15, -0.1) is 0 Å². The average molecular weight is 426 g/mol. The molecule has 2 N–H and O–H groups in total. The summed E-state index contributed by atoms with van der Waals surface area (Å²) in [5.41, 5.74) is 2.61. The van der Waals surface area contributed by atoms with Gasteiger partial charge in [0.05, 0.1) is 12.2 Å². The lowest BCUT2D eigenvalue weighted by molar-refractivity contribution is -0.0922. The number of fused-ring (bicyclic) bond motifs is 5. The smallest absolute Gasteiger partial charge is 0.115 e. The van der Waals surface area contributed by atoms with Crippen LogP contribution in [-0.4, -0.2) is 33.5 Å². The highest BCUT2D eigenvalue weighted by Crippen LogP contribution is 2.62. The summed E-state index contributed by atoms with van der Waals surface area (Å²) in [5, 5.41) is 20.6. The second-order valence-corrected chi connectivity index (χ2v) is 9.50. The van der Waals surface area contributed by atoms with E-state index in [0.717, 1.165) is 25.7 Å². The van der Waals surface area contributed by atoms with Crippen molar-refractivity contribution in [2.24, 2.45) is 17.3 Å². The molecule has 23 heavy (non-hydrogen) atoms. The predicted octanol–water partition coefficient (Wildman–Crippen LogP) is 3.65. The van der Waals surface area contributed by atoms with Crippen molar-refractivity contribution in [2.45, 2.75) is 54.7 Å². The van der Waals surface area contributed by atoms with Gasteiger partial charge in [0.15, 0.2) is 0 Å². The predicted molar refractivity (Wildman–Crippen MR) is 98.1 cm³/mol. The minimum absolute atomic E-state index is 0.0257. The summed E-state index contributed by atoms with van der Waals surface area (Å²) in [6.07, 6.45) is 4.13. The van der Waals surface area contributed by atoms with Crippen LogP contribution in [0.3, 0.4) is 0 Å². The van der Waals surface area contributed by atoms with Crippen LogP contribution in [-0.2, 0) is 11.2 Å². The molecule has 7 atom stereocenters. The van der Waals surface area contributed by atoms with Gasteiger partial charge >= 0.3 is 0 Å². The maximum atomic E-state index is 10.8. The van der Waals surface area contributed by atoms with Crippen molar-refractivity contribution in [1.82, 2.24) is 0 Å². The molecule has 2 fully saturated rings. The summed E-state index contributed by atoms with van der Waals surface area (Å²) in [6.45, 7) is 2.27. The van der Waals surface area contributed by atoms with Gasteiger partial charge in [-0.1, -0.05) is 35.6 Å². The van der Waals surface area contributed by atoms with Crippen molar-refractivity contribution in [1.29, 1.82) is 0 Å². The molecule has 3 aliphatic rings. The molecule has 0 saturated heterocycles. The summed E-state index contributed by atoms with van der Waals surface area (Å²) >= 11 is 2.44. The lowest BCUT2D eigenvalue weighted by Crippen LogP contribution is -2.50. The number of alkyl halides is 1. The summed E-state index contributed by atoms with van der Waals surface area (Å²) in [7, 11) is 1.81. The molecule has 0 heterocycles. The van der Waals surface area contributed by atoms with Crippen molar-refractivity contribution in [3.8, 4) is 5.75 Å². The van der Waals surface area contributed by atoms with Crippen LogP contribution >= 0.6 is 22.6 Å². The van der Waals surface area contributed by atoms with Gasteiger partial charge in [0.2, 0.25) is 0 Å². The molecule has 0 amide bonds. The number of aromatic hydroxyl groups is 1. The van der Waals surface area contributed by atoms with E-state index >= 15 is 0 Å². The summed E-state index contributed by atoms with van der Waals surface area (Å²) in [4.78, 5) is 0. The molecule has 3 aliphatic carbocycles. The Labute approximate surface area is 151 Å². The Kier molecular flexibility index (Phi) is 3.93. The molecule has 3 nitrogen and oxygen atoms in total. The number of rotatable bonds is 1. The van der Waals surface area contributed by atoms with Crippen LogP contribution in [0.25, 0.3) is 0 Å². The number of phenolic OH excluding ortho intramolecular Hbond substituents is 1. The molecule has 0 spiro atoms. The Hall–Kier alpha value is -0.330. The molecular weight excluding hydrogens is 401 g/mol. The van der Waals surface area contributed by atoms with Crippen molar-refractivity contribution in [3.63, 3.8) is 0 Å². The number of hydrogen-bond acceptors (Lipinski definition) is 3. The number of benzene rings is 1. The third-order valence-corrected chi connectivity index (χ3v) is 8.09. The first-order valence-corrected chi connectivity index (χ1v) is 9.87. The minimum atomic E-state index is -0.229. The Morgan fingerprint density at radius 2 is 2.13 bits per heavy atom. The molecule has 0 bridgehead atoms. The van der Waals surface area contributed by atoms with Gasteiger partial charge in [-0.25, -0.2) is 0 Å². The van der Waals surface area contributed by atoms with Crippen molar-refractivity contribution in [3.05, 3.63) is 29.3 Å². The Balaban J connectivity index is 1.78. The molecule has 0 radical (unpaired) electrons. The molecule has 0 unspecified atom stereocenters. The van der Waals surface area contributed by atoms with E-state index in [-0.39, 0.29) is 17.6 Å². The van der Waals surface area contributed by atoms with Gasteiger partial charge in [-0.2, -0.15) is 0 Å². The van der Waals surface area contributed by atoms with Gasteiger partial charge in [-0.05, 0) is 60.8 Å². The number of aryl methyl sites for hydroxylation is 1. The highest BCUT2D eigenvalue weighted by molar-refractivity contribution is 14.1. The fourth-order valence-electron chi connectivity index (χ4n) is 5.79. The Bertz CT molecular complexity index is 619. The summed E-state index contributed by atoms with van der Waals surface area (Å²) < 4.78 is 6.28. The first-order chi connectivity index (χ1) is 11.0. The molecule has 126 valence electrons. The van der Waals surface area contributed by atoms with Crippen molar-refractivity contribution < 1.29 is 14.9 Å². The molecule has 0 aromatic heterocycles. The zero-order valence-corrected chi connectivity index (χ0v) is 15.9. The zero-order valence-electron chi connectivity index (χ0n) is 13.7. The second kappa shape index (κ2) is 5.60. The molecule has 0 aliphatic heterocycles. The largest absolute Gasteiger partial charge is 0.508 e. The van der Waals surface area contributed by atoms with Gasteiger partial charge in [0.1, 0.15) is 5.75 Å². The quantitative estimate of drug-likeness (QED) is 0.533. The number of aliphatic hydroxyl groups excluding tert-OH is 1. The second-order valence-electron chi connectivity index (χ2n) is 7.90. The fourth-order valence-corrected chi connectivity index (χ4v) is 7.16. The van der Waals surface area contributed by atoms with Crippen LogP contribution in [0.5, 0.6) is 5.75 Å². The zero-order chi connectivity index (χ0) is 16.4. The average Bonchev–Trinajstić information content (AvgIpc) is 2.77. The first kappa shape index (κ1) is 16.2. The van der Waals surface area contributed by atoms with Crippen molar-refractivity contribution in [2.75, 3.05) is 7.11 Å². The maximum Gasteiger partial charge on any atom is 0.115 e. The van der Waals surface area contributed by atoms with E-state index < -0.39 is 0 Å². The topological polar surface area (TPSA) is 49.7 Å². The third-order valence-electron chi connectivity index (χ3n) is 6.90. The number of hydrogen-bond donors (Lipinski definition) is 2. The lowest BCUT2D eigenvalue weighted by Gasteiger charge is -2.53. The Morgan fingerprint density at radius 3 is 2.87 bits per heavy atom. The first-order valence-electron chi connectivity index (χ1n) is 8.62.